The number of hydrogen-bond acceptors (Lipinski definition) is 7. The minimum Gasteiger partial charge on any atom is -0.393 e. The van der Waals surface area contributed by atoms with Crippen molar-refractivity contribution >= 4 is 17.7 Å². The highest BCUT2D eigenvalue weighted by Crippen LogP contribution is 2.28. The van der Waals surface area contributed by atoms with Crippen molar-refractivity contribution < 1.29 is 27.8 Å². The molecule has 1 aromatic rings. The molecule has 0 aromatic carbocycles. The van der Waals surface area contributed by atoms with E-state index in [2.05, 4.69) is 20.6 Å². The Morgan fingerprint density at radius 3 is 2.48 bits per heavy atom. The van der Waals surface area contributed by atoms with Crippen LogP contribution in [0.15, 0.2) is 6.20 Å². The minimum atomic E-state index is -4.32. The van der Waals surface area contributed by atoms with Gasteiger partial charge in [0.25, 0.3) is 5.91 Å². The van der Waals surface area contributed by atoms with Crippen molar-refractivity contribution in [2.45, 2.75) is 82.3 Å². The van der Waals surface area contributed by atoms with Gasteiger partial charge in [-0.2, -0.15) is 18.2 Å². The van der Waals surface area contributed by atoms with E-state index in [1.54, 1.807) is 0 Å². The van der Waals surface area contributed by atoms with E-state index in [1.807, 2.05) is 6.92 Å². The summed E-state index contributed by atoms with van der Waals surface area (Å²) >= 11 is 0. The molecular formula is C20H30F3N5O3. The van der Waals surface area contributed by atoms with E-state index >= 15 is 0 Å². The fourth-order valence-corrected chi connectivity index (χ4v) is 4.13. The molecule has 8 nitrogen and oxygen atoms in total. The summed E-state index contributed by atoms with van der Waals surface area (Å²) in [6.45, 7) is 0.780. The van der Waals surface area contributed by atoms with Gasteiger partial charge in [0.2, 0.25) is 5.95 Å². The van der Waals surface area contributed by atoms with Gasteiger partial charge in [0.05, 0.1) is 17.8 Å². The molecule has 2 aliphatic carbocycles. The number of carbonyl (C=O) groups excluding carboxylic acids is 1. The summed E-state index contributed by atoms with van der Waals surface area (Å²) in [5, 5.41) is 16.5. The number of aromatic nitrogens is 2. The zero-order chi connectivity index (χ0) is 22.6. The molecule has 0 bridgehead atoms. The lowest BCUT2D eigenvalue weighted by atomic mass is 9.85. The molecule has 1 heterocycles. The second kappa shape index (κ2) is 9.99. The monoisotopic (exact) mass is 445 g/mol. The van der Waals surface area contributed by atoms with Crippen molar-refractivity contribution in [2.24, 2.45) is 11.7 Å². The number of aliphatic hydroxyl groups is 1. The topological polar surface area (TPSA) is 122 Å². The molecule has 0 aliphatic heterocycles. The molecular weight excluding hydrogens is 415 g/mol. The first kappa shape index (κ1) is 23.5. The Morgan fingerprint density at radius 1 is 1.19 bits per heavy atom. The molecule has 2 saturated carbocycles. The Kier molecular flexibility index (Phi) is 7.58. The number of rotatable bonds is 7. The number of ether oxygens (including phenoxy) is 1. The quantitative estimate of drug-likeness (QED) is 0.509. The summed E-state index contributed by atoms with van der Waals surface area (Å²) in [4.78, 5) is 20.4. The lowest BCUT2D eigenvalue weighted by Crippen LogP contribution is -2.36. The van der Waals surface area contributed by atoms with Crippen molar-refractivity contribution in [2.75, 3.05) is 17.2 Å². The maximum absolute atomic E-state index is 12.3. The van der Waals surface area contributed by atoms with E-state index in [0.29, 0.717) is 43.9 Å². The van der Waals surface area contributed by atoms with Crippen molar-refractivity contribution in [3.63, 3.8) is 0 Å². The Morgan fingerprint density at radius 2 is 1.87 bits per heavy atom. The minimum absolute atomic E-state index is 0.00429. The number of primary amides is 1. The number of nitrogens with two attached hydrogens (primary N) is 1. The second-order valence-corrected chi connectivity index (χ2v) is 8.56. The predicted octanol–water partition coefficient (Wildman–Crippen LogP) is 2.84. The maximum atomic E-state index is 12.3. The zero-order valence-electron chi connectivity index (χ0n) is 17.5. The van der Waals surface area contributed by atoms with E-state index in [-0.39, 0.29) is 23.6 Å². The molecule has 0 saturated heterocycles. The molecule has 0 spiro atoms. The first-order chi connectivity index (χ1) is 14.6. The van der Waals surface area contributed by atoms with Crippen molar-refractivity contribution in [1.82, 2.24) is 9.97 Å². The van der Waals surface area contributed by atoms with Gasteiger partial charge in [-0.3, -0.25) is 4.79 Å². The van der Waals surface area contributed by atoms with E-state index in [9.17, 15) is 23.1 Å². The first-order valence-electron chi connectivity index (χ1n) is 10.7. The smallest absolute Gasteiger partial charge is 0.393 e. The molecule has 31 heavy (non-hydrogen) atoms. The standard InChI is InChI=1S/C20H30F3N5O3/c1-11-2-3-13(8-16(11)29)26-18-15(17(24)30)9-25-19(28-18)27-12-4-6-14(7-5-12)31-10-20(21,22)23/h9,11-14,16,29H,2-8,10H2,1H3,(H2,24,30)(H2,25,26,27,28)/t11-,12-,13-,14-,16?/m1/s1. The molecule has 3 atom stereocenters. The van der Waals surface area contributed by atoms with Gasteiger partial charge in [-0.25, -0.2) is 4.98 Å². The summed E-state index contributed by atoms with van der Waals surface area (Å²) in [5.74, 6) is 0.212. The van der Waals surface area contributed by atoms with E-state index in [4.69, 9.17) is 10.5 Å². The van der Waals surface area contributed by atoms with Gasteiger partial charge < -0.3 is 26.2 Å². The van der Waals surface area contributed by atoms with Crippen LogP contribution in [0, 0.1) is 5.92 Å². The van der Waals surface area contributed by atoms with Crippen LogP contribution in [0.1, 0.15) is 62.2 Å². The summed E-state index contributed by atoms with van der Waals surface area (Å²) < 4.78 is 41.9. The SMILES string of the molecule is C[C@@H]1CC[C@@H](Nc2nc(N[C@H]3CC[C@H](OCC(F)(F)F)CC3)ncc2C(N)=O)CC1O. The molecule has 1 unspecified atom stereocenters. The molecule has 2 fully saturated rings. The lowest BCUT2D eigenvalue weighted by Gasteiger charge is -2.32. The van der Waals surface area contributed by atoms with Crippen LogP contribution >= 0.6 is 0 Å². The first-order valence-corrected chi connectivity index (χ1v) is 10.7. The molecule has 174 valence electrons. The maximum Gasteiger partial charge on any atom is 0.411 e. The van der Waals surface area contributed by atoms with Gasteiger partial charge in [0.1, 0.15) is 12.4 Å². The van der Waals surface area contributed by atoms with Gasteiger partial charge >= 0.3 is 6.18 Å². The number of anilines is 2. The van der Waals surface area contributed by atoms with Crippen LogP contribution in [0.2, 0.25) is 0 Å². The average molecular weight is 445 g/mol. The molecule has 2 aliphatic rings. The number of nitrogens with one attached hydrogen (secondary N) is 2. The van der Waals surface area contributed by atoms with Crippen LogP contribution < -0.4 is 16.4 Å². The van der Waals surface area contributed by atoms with Crippen molar-refractivity contribution in [1.29, 1.82) is 0 Å². The highest BCUT2D eigenvalue weighted by molar-refractivity contribution is 5.97. The number of nitrogens with zero attached hydrogens (tertiary/aromatic N) is 2. The Bertz CT molecular complexity index is 756. The van der Waals surface area contributed by atoms with Crippen LogP contribution in [0.25, 0.3) is 0 Å². The average Bonchev–Trinajstić information content (AvgIpc) is 2.70. The van der Waals surface area contributed by atoms with Gasteiger partial charge in [-0.15, -0.1) is 0 Å². The summed E-state index contributed by atoms with van der Waals surface area (Å²) in [7, 11) is 0. The Balaban J connectivity index is 1.58. The third-order valence-corrected chi connectivity index (χ3v) is 6.04. The Labute approximate surface area is 179 Å². The molecule has 0 radical (unpaired) electrons. The number of amides is 1. The fraction of sp³-hybridized carbons (Fsp3) is 0.750. The highest BCUT2D eigenvalue weighted by Gasteiger charge is 2.31. The van der Waals surface area contributed by atoms with E-state index in [1.165, 1.54) is 6.20 Å². The van der Waals surface area contributed by atoms with Crippen LogP contribution in [-0.4, -0.2) is 58.1 Å². The molecule has 11 heteroatoms. The normalized spacial score (nSPS) is 29.4. The molecule has 5 N–H and O–H groups in total. The second-order valence-electron chi connectivity index (χ2n) is 8.56. The number of hydrogen-bond donors (Lipinski definition) is 4. The van der Waals surface area contributed by atoms with E-state index in [0.717, 1.165) is 12.8 Å². The summed E-state index contributed by atoms with van der Waals surface area (Å²) in [5.41, 5.74) is 5.62. The number of alkyl halides is 3. The molecule has 1 amide bonds. The predicted molar refractivity (Wildman–Crippen MR) is 109 cm³/mol. The van der Waals surface area contributed by atoms with Gasteiger partial charge in [-0.1, -0.05) is 6.92 Å². The van der Waals surface area contributed by atoms with Crippen LogP contribution in [-0.2, 0) is 4.74 Å². The third-order valence-electron chi connectivity index (χ3n) is 6.04. The van der Waals surface area contributed by atoms with E-state index < -0.39 is 30.9 Å². The van der Waals surface area contributed by atoms with Crippen molar-refractivity contribution in [3.05, 3.63) is 11.8 Å². The molecule has 1 aromatic heterocycles. The lowest BCUT2D eigenvalue weighted by molar-refractivity contribution is -0.187. The summed E-state index contributed by atoms with van der Waals surface area (Å²) in [6.07, 6.45) is 0.735. The van der Waals surface area contributed by atoms with Crippen LogP contribution in [0.3, 0.4) is 0 Å². The van der Waals surface area contributed by atoms with Gasteiger partial charge in [0.15, 0.2) is 0 Å². The fourth-order valence-electron chi connectivity index (χ4n) is 4.13. The highest BCUT2D eigenvalue weighted by atomic mass is 19.4. The zero-order valence-corrected chi connectivity index (χ0v) is 17.5. The third kappa shape index (κ3) is 6.93. The van der Waals surface area contributed by atoms with Crippen molar-refractivity contribution in [3.8, 4) is 0 Å². The van der Waals surface area contributed by atoms with Gasteiger partial charge in [0, 0.05) is 18.3 Å². The number of aliphatic hydroxyl groups excluding tert-OH is 1. The van der Waals surface area contributed by atoms with Gasteiger partial charge in [-0.05, 0) is 50.9 Å². The number of carbonyl (C=O) groups is 1. The largest absolute Gasteiger partial charge is 0.411 e. The summed E-state index contributed by atoms with van der Waals surface area (Å²) in [6, 6.07) is -0.0383. The Hall–Kier alpha value is -2.14. The number of halogens is 3. The van der Waals surface area contributed by atoms with Crippen LogP contribution in [0.4, 0.5) is 24.9 Å². The molecule has 3 rings (SSSR count). The van der Waals surface area contributed by atoms with Crippen LogP contribution in [0.5, 0.6) is 0 Å².